The minimum atomic E-state index is -3.04. The first-order valence-corrected chi connectivity index (χ1v) is 9.21. The van der Waals surface area contributed by atoms with Gasteiger partial charge in [-0.2, -0.15) is 0 Å². The molecule has 0 atom stereocenters. The van der Waals surface area contributed by atoms with E-state index in [0.717, 1.165) is 11.1 Å². The van der Waals surface area contributed by atoms with Crippen molar-refractivity contribution in [3.05, 3.63) is 36.0 Å². The predicted octanol–water partition coefficient (Wildman–Crippen LogP) is 4.01. The van der Waals surface area contributed by atoms with Crippen LogP contribution in [0.1, 0.15) is 25.4 Å². The van der Waals surface area contributed by atoms with Crippen LogP contribution in [-0.4, -0.2) is 23.5 Å². The first kappa shape index (κ1) is 18.1. The molecule has 2 aromatic rings. The van der Waals surface area contributed by atoms with Crippen molar-refractivity contribution < 1.29 is 22.7 Å². The van der Waals surface area contributed by atoms with Crippen molar-refractivity contribution in [2.24, 2.45) is 0 Å². The highest BCUT2D eigenvalue weighted by Crippen LogP contribution is 2.51. The number of hydrogen-bond acceptors (Lipinski definition) is 7. The summed E-state index contributed by atoms with van der Waals surface area (Å²) in [7, 11) is -3.04. The van der Waals surface area contributed by atoms with Crippen molar-refractivity contribution in [1.29, 1.82) is 0 Å². The second-order valence-electron chi connectivity index (χ2n) is 3.70. The van der Waals surface area contributed by atoms with Gasteiger partial charge in [-0.15, -0.1) is 0 Å². The van der Waals surface area contributed by atoms with Crippen LogP contribution in [0.15, 0.2) is 33.6 Å². The number of alkyl halides is 1. The van der Waals surface area contributed by atoms with Crippen molar-refractivity contribution in [1.82, 2.24) is 10.3 Å². The lowest BCUT2D eigenvalue weighted by Crippen LogP contribution is -1.98. The lowest BCUT2D eigenvalue weighted by atomic mass is 10.5. The zero-order valence-electron chi connectivity index (χ0n) is 11.9. The van der Waals surface area contributed by atoms with Gasteiger partial charge in [0.1, 0.15) is 17.7 Å². The Labute approximate surface area is 131 Å². The van der Waals surface area contributed by atoms with E-state index in [9.17, 15) is 4.57 Å². The standard InChI is InChI=1S/C8H14NO4P.C4H4BrNO/c1-3-11-14(10,12-4-2)7-8-5-6-9-13-8;5-3-4-1-2-6-7-4/h5-6H,3-4,7H2,1-2H3;1-2H,3H2. The highest BCUT2D eigenvalue weighted by Gasteiger charge is 2.25. The second-order valence-corrected chi connectivity index (χ2v) is 6.31. The number of rotatable bonds is 7. The zero-order chi connectivity index (χ0) is 15.6. The molecule has 0 aliphatic carbocycles. The van der Waals surface area contributed by atoms with Gasteiger partial charge in [0, 0.05) is 12.1 Å². The van der Waals surface area contributed by atoms with Gasteiger partial charge in [0.2, 0.25) is 0 Å². The molecular formula is C12H18BrN2O5P. The molecule has 0 aliphatic heterocycles. The van der Waals surface area contributed by atoms with E-state index < -0.39 is 7.60 Å². The Morgan fingerprint density at radius 1 is 1.10 bits per heavy atom. The molecule has 2 heterocycles. The Morgan fingerprint density at radius 3 is 1.95 bits per heavy atom. The molecule has 0 spiro atoms. The predicted molar refractivity (Wildman–Crippen MR) is 80.2 cm³/mol. The molecule has 7 nitrogen and oxygen atoms in total. The van der Waals surface area contributed by atoms with Crippen LogP contribution in [0.4, 0.5) is 0 Å². The molecule has 0 amide bonds. The number of aromatic nitrogens is 2. The van der Waals surface area contributed by atoms with Gasteiger partial charge in [-0.1, -0.05) is 26.2 Å². The average molecular weight is 381 g/mol. The smallest absolute Gasteiger partial charge is 0.338 e. The Bertz CT molecular complexity index is 508. The maximum atomic E-state index is 11.9. The summed E-state index contributed by atoms with van der Waals surface area (Å²) < 4.78 is 31.7. The van der Waals surface area contributed by atoms with Crippen LogP contribution >= 0.6 is 23.5 Å². The van der Waals surface area contributed by atoms with Crippen molar-refractivity contribution >= 4 is 23.5 Å². The molecule has 2 aromatic heterocycles. The van der Waals surface area contributed by atoms with Crippen LogP contribution in [0, 0.1) is 0 Å². The van der Waals surface area contributed by atoms with Gasteiger partial charge in [-0.05, 0) is 13.8 Å². The molecule has 0 fully saturated rings. The fourth-order valence-corrected chi connectivity index (χ4v) is 3.23. The van der Waals surface area contributed by atoms with Crippen LogP contribution in [0.2, 0.25) is 0 Å². The van der Waals surface area contributed by atoms with E-state index in [1.165, 1.54) is 6.20 Å². The van der Waals surface area contributed by atoms with Gasteiger partial charge in [0.05, 0.1) is 30.9 Å². The van der Waals surface area contributed by atoms with Crippen molar-refractivity contribution in [3.8, 4) is 0 Å². The van der Waals surface area contributed by atoms with E-state index in [1.807, 2.05) is 6.07 Å². The largest absolute Gasteiger partial charge is 0.361 e. The van der Waals surface area contributed by atoms with E-state index in [2.05, 4.69) is 30.8 Å². The first-order chi connectivity index (χ1) is 10.1. The van der Waals surface area contributed by atoms with Gasteiger partial charge in [0.25, 0.3) is 0 Å². The number of hydrogen-bond donors (Lipinski definition) is 0. The molecule has 0 saturated carbocycles. The fraction of sp³-hybridized carbons (Fsp3) is 0.500. The molecule has 21 heavy (non-hydrogen) atoms. The van der Waals surface area contributed by atoms with Crippen LogP contribution in [0.5, 0.6) is 0 Å². The van der Waals surface area contributed by atoms with Crippen molar-refractivity contribution in [2.45, 2.75) is 25.3 Å². The Hall–Kier alpha value is -0.950. The monoisotopic (exact) mass is 380 g/mol. The summed E-state index contributed by atoms with van der Waals surface area (Å²) in [6.07, 6.45) is 3.25. The van der Waals surface area contributed by atoms with Crippen LogP contribution in [-0.2, 0) is 25.1 Å². The third-order valence-electron chi connectivity index (χ3n) is 2.12. The molecule has 0 aromatic carbocycles. The highest BCUT2D eigenvalue weighted by atomic mass is 79.9. The summed E-state index contributed by atoms with van der Waals surface area (Å²) in [5, 5.41) is 7.75. The molecule has 0 bridgehead atoms. The third-order valence-corrected chi connectivity index (χ3v) is 4.67. The van der Waals surface area contributed by atoms with E-state index in [4.69, 9.17) is 13.6 Å². The van der Waals surface area contributed by atoms with Gasteiger partial charge in [-0.3, -0.25) is 4.57 Å². The molecule has 9 heteroatoms. The Morgan fingerprint density at radius 2 is 1.62 bits per heavy atom. The van der Waals surface area contributed by atoms with Crippen LogP contribution in [0.25, 0.3) is 0 Å². The topological polar surface area (TPSA) is 87.6 Å². The number of halogens is 1. The summed E-state index contributed by atoms with van der Waals surface area (Å²) in [6, 6.07) is 3.46. The Kier molecular flexibility index (Phi) is 8.52. The van der Waals surface area contributed by atoms with Crippen LogP contribution in [0.3, 0.4) is 0 Å². The average Bonchev–Trinajstić information content (AvgIpc) is 3.12. The lowest BCUT2D eigenvalue weighted by Gasteiger charge is -2.14. The van der Waals surface area contributed by atoms with Crippen molar-refractivity contribution in [3.63, 3.8) is 0 Å². The molecule has 0 radical (unpaired) electrons. The maximum absolute atomic E-state index is 11.9. The third kappa shape index (κ3) is 7.04. The first-order valence-electron chi connectivity index (χ1n) is 6.36. The van der Waals surface area contributed by atoms with E-state index in [0.29, 0.717) is 19.0 Å². The highest BCUT2D eigenvalue weighted by molar-refractivity contribution is 9.08. The molecule has 0 N–H and O–H groups in total. The molecule has 0 unspecified atom stereocenters. The van der Waals surface area contributed by atoms with E-state index in [-0.39, 0.29) is 6.16 Å². The lowest BCUT2D eigenvalue weighted by molar-refractivity contribution is 0.216. The van der Waals surface area contributed by atoms with Gasteiger partial charge < -0.3 is 18.1 Å². The quantitative estimate of drug-likeness (QED) is 0.529. The fourth-order valence-electron chi connectivity index (χ4n) is 1.35. The Balaban J connectivity index is 0.000000262. The summed E-state index contributed by atoms with van der Waals surface area (Å²) in [6.45, 7) is 4.24. The molecular weight excluding hydrogens is 363 g/mol. The summed E-state index contributed by atoms with van der Waals surface area (Å²) in [4.78, 5) is 0. The molecule has 0 aliphatic rings. The zero-order valence-corrected chi connectivity index (χ0v) is 14.4. The minimum absolute atomic E-state index is 0.134. The van der Waals surface area contributed by atoms with Gasteiger partial charge >= 0.3 is 7.60 Å². The molecule has 2 rings (SSSR count). The minimum Gasteiger partial charge on any atom is -0.361 e. The molecule has 118 valence electrons. The molecule has 0 saturated heterocycles. The maximum Gasteiger partial charge on any atom is 0.338 e. The van der Waals surface area contributed by atoms with Crippen LogP contribution < -0.4 is 0 Å². The normalized spacial score (nSPS) is 11.0. The summed E-state index contributed by atoms with van der Waals surface area (Å²) in [5.41, 5.74) is 0. The second kappa shape index (κ2) is 9.89. The summed E-state index contributed by atoms with van der Waals surface area (Å²) >= 11 is 3.20. The van der Waals surface area contributed by atoms with E-state index >= 15 is 0 Å². The number of nitrogens with zero attached hydrogens (tertiary/aromatic N) is 2. The van der Waals surface area contributed by atoms with Crippen molar-refractivity contribution in [2.75, 3.05) is 13.2 Å². The van der Waals surface area contributed by atoms with Gasteiger partial charge in [-0.25, -0.2) is 0 Å². The SMILES string of the molecule is BrCc1ccno1.CCOP(=O)(Cc1ccno1)OCC. The summed E-state index contributed by atoms with van der Waals surface area (Å²) in [5.74, 6) is 1.37. The van der Waals surface area contributed by atoms with E-state index in [1.54, 1.807) is 26.1 Å². The van der Waals surface area contributed by atoms with Gasteiger partial charge in [0.15, 0.2) is 0 Å².